The Hall–Kier alpha value is -1.70. The number of fused-ring (bicyclic) bond motifs is 1. The monoisotopic (exact) mass is 391 g/mol. The van der Waals surface area contributed by atoms with Gasteiger partial charge in [0.15, 0.2) is 0 Å². The third-order valence-electron chi connectivity index (χ3n) is 5.11. The number of nitrogens with two attached hydrogens (primary N) is 1. The van der Waals surface area contributed by atoms with Crippen molar-refractivity contribution < 1.29 is 13.2 Å². The maximum absolute atomic E-state index is 11.9. The second kappa shape index (κ2) is 8.54. The van der Waals surface area contributed by atoms with Crippen LogP contribution >= 0.6 is 0 Å². The minimum absolute atomic E-state index is 0.101. The first-order valence-corrected chi connectivity index (χ1v) is 11.2. The van der Waals surface area contributed by atoms with Crippen molar-refractivity contribution in [1.82, 2.24) is 4.98 Å². The van der Waals surface area contributed by atoms with E-state index in [0.29, 0.717) is 16.8 Å². The van der Waals surface area contributed by atoms with Gasteiger partial charge in [0.05, 0.1) is 28.2 Å². The highest BCUT2D eigenvalue weighted by molar-refractivity contribution is 7.89. The molecule has 1 aromatic heterocycles. The van der Waals surface area contributed by atoms with Crippen molar-refractivity contribution in [3.8, 4) is 0 Å². The van der Waals surface area contributed by atoms with Crippen LogP contribution in [0.15, 0.2) is 35.4 Å². The lowest BCUT2D eigenvalue weighted by atomic mass is 9.92. The smallest absolute Gasteiger partial charge is 0.238 e. The van der Waals surface area contributed by atoms with Crippen LogP contribution in [-0.2, 0) is 14.8 Å². The number of hydrogen-bond donors (Lipinski definition) is 2. The van der Waals surface area contributed by atoms with Gasteiger partial charge in [-0.1, -0.05) is 26.7 Å². The SMILES string of the molecule is CC(C)CCO[C@@H]1CCCC[C@H]1Nc1ccc(S(N)(=O)=O)c2cccnc12. The molecule has 3 N–H and O–H groups in total. The van der Waals surface area contributed by atoms with Gasteiger partial charge >= 0.3 is 0 Å². The van der Waals surface area contributed by atoms with E-state index in [-0.39, 0.29) is 17.0 Å². The largest absolute Gasteiger partial charge is 0.378 e. The topological polar surface area (TPSA) is 94.3 Å². The molecule has 1 aliphatic rings. The van der Waals surface area contributed by atoms with Crippen molar-refractivity contribution >= 4 is 26.6 Å². The first-order chi connectivity index (χ1) is 12.9. The summed E-state index contributed by atoms with van der Waals surface area (Å²) in [6.45, 7) is 5.17. The number of hydrogen-bond acceptors (Lipinski definition) is 5. The number of primary sulfonamides is 1. The Morgan fingerprint density at radius 1 is 1.26 bits per heavy atom. The minimum Gasteiger partial charge on any atom is -0.378 e. The van der Waals surface area contributed by atoms with Crippen molar-refractivity contribution in [1.29, 1.82) is 0 Å². The van der Waals surface area contributed by atoms with Crippen LogP contribution in [-0.4, -0.2) is 32.2 Å². The normalized spacial score (nSPS) is 20.9. The summed E-state index contributed by atoms with van der Waals surface area (Å²) in [5.41, 5.74) is 1.44. The lowest BCUT2D eigenvalue weighted by Crippen LogP contribution is -2.38. The highest BCUT2D eigenvalue weighted by Gasteiger charge is 2.27. The lowest BCUT2D eigenvalue weighted by Gasteiger charge is -2.33. The van der Waals surface area contributed by atoms with E-state index in [1.165, 1.54) is 6.42 Å². The molecule has 7 heteroatoms. The van der Waals surface area contributed by atoms with Crippen LogP contribution in [0.5, 0.6) is 0 Å². The molecule has 0 spiro atoms. The molecule has 0 radical (unpaired) electrons. The third-order valence-corrected chi connectivity index (χ3v) is 6.08. The predicted molar refractivity (Wildman–Crippen MR) is 108 cm³/mol. The number of nitrogens with one attached hydrogen (secondary N) is 1. The number of ether oxygens (including phenoxy) is 1. The highest BCUT2D eigenvalue weighted by atomic mass is 32.2. The fraction of sp³-hybridized carbons (Fsp3) is 0.550. The van der Waals surface area contributed by atoms with Gasteiger partial charge in [-0.25, -0.2) is 13.6 Å². The zero-order valence-electron chi connectivity index (χ0n) is 16.0. The van der Waals surface area contributed by atoms with Crippen molar-refractivity contribution in [3.05, 3.63) is 30.5 Å². The van der Waals surface area contributed by atoms with Gasteiger partial charge in [0.1, 0.15) is 0 Å². The zero-order valence-corrected chi connectivity index (χ0v) is 16.8. The number of pyridine rings is 1. The summed E-state index contributed by atoms with van der Waals surface area (Å²) in [5, 5.41) is 9.47. The molecule has 0 saturated heterocycles. The van der Waals surface area contributed by atoms with Crippen LogP contribution in [0.4, 0.5) is 5.69 Å². The molecule has 1 aliphatic carbocycles. The molecule has 2 atom stereocenters. The molecular formula is C20H29N3O3S. The molecule has 3 rings (SSSR count). The second-order valence-corrected chi connectivity index (χ2v) is 9.21. The summed E-state index contributed by atoms with van der Waals surface area (Å²) in [5.74, 6) is 0.624. The van der Waals surface area contributed by atoms with Gasteiger partial charge in [0.2, 0.25) is 10.0 Å². The second-order valence-electron chi connectivity index (χ2n) is 7.68. The molecule has 0 aliphatic heterocycles. The van der Waals surface area contributed by atoms with E-state index >= 15 is 0 Å². The van der Waals surface area contributed by atoms with E-state index in [0.717, 1.165) is 38.0 Å². The van der Waals surface area contributed by atoms with Gasteiger partial charge in [0, 0.05) is 18.2 Å². The van der Waals surface area contributed by atoms with E-state index in [1.807, 2.05) is 0 Å². The molecule has 0 bridgehead atoms. The average molecular weight is 392 g/mol. The van der Waals surface area contributed by atoms with Gasteiger partial charge < -0.3 is 10.1 Å². The van der Waals surface area contributed by atoms with E-state index < -0.39 is 10.0 Å². The molecule has 1 fully saturated rings. The Labute approximate surface area is 161 Å². The molecule has 6 nitrogen and oxygen atoms in total. The molecule has 0 amide bonds. The van der Waals surface area contributed by atoms with E-state index in [4.69, 9.17) is 9.88 Å². The van der Waals surface area contributed by atoms with E-state index in [1.54, 1.807) is 30.5 Å². The minimum atomic E-state index is -3.80. The Bertz CT molecular complexity index is 883. The summed E-state index contributed by atoms with van der Waals surface area (Å²) < 4.78 is 29.9. The number of anilines is 1. The molecule has 1 saturated carbocycles. The van der Waals surface area contributed by atoms with Gasteiger partial charge in [0.25, 0.3) is 0 Å². The molecule has 27 heavy (non-hydrogen) atoms. The van der Waals surface area contributed by atoms with Crippen LogP contribution in [0, 0.1) is 5.92 Å². The molecule has 1 aromatic carbocycles. The standard InChI is InChI=1S/C20H29N3O3S/c1-14(2)11-13-26-18-8-4-3-7-16(18)23-17-9-10-19(27(21,24)25)15-6-5-12-22-20(15)17/h5-6,9-10,12,14,16,18,23H,3-4,7-8,11,13H2,1-2H3,(H2,21,24,25)/t16-,18-/m1/s1. The molecule has 2 aromatic rings. The summed E-state index contributed by atoms with van der Waals surface area (Å²) >= 11 is 0. The molecule has 148 valence electrons. The van der Waals surface area contributed by atoms with Gasteiger partial charge in [-0.05, 0) is 49.4 Å². The fourth-order valence-electron chi connectivity index (χ4n) is 3.63. The van der Waals surface area contributed by atoms with Gasteiger partial charge in [-0.2, -0.15) is 0 Å². The molecular weight excluding hydrogens is 362 g/mol. The van der Waals surface area contributed by atoms with Crippen molar-refractivity contribution in [2.45, 2.75) is 63.0 Å². The average Bonchev–Trinajstić information content (AvgIpc) is 2.62. The summed E-state index contributed by atoms with van der Waals surface area (Å²) in [6, 6.07) is 6.97. The number of aromatic nitrogens is 1. The van der Waals surface area contributed by atoms with Crippen LogP contribution in [0.3, 0.4) is 0 Å². The number of rotatable bonds is 7. The van der Waals surface area contributed by atoms with E-state index in [2.05, 4.69) is 24.1 Å². The Balaban J connectivity index is 1.84. The summed E-state index contributed by atoms with van der Waals surface area (Å²) in [4.78, 5) is 4.51. The van der Waals surface area contributed by atoms with Crippen molar-refractivity contribution in [3.63, 3.8) is 0 Å². The Kier molecular flexibility index (Phi) is 6.34. The predicted octanol–water partition coefficient (Wildman–Crippen LogP) is 3.67. The first-order valence-electron chi connectivity index (χ1n) is 9.65. The van der Waals surface area contributed by atoms with Crippen LogP contribution in [0.1, 0.15) is 46.0 Å². The number of sulfonamides is 1. The lowest BCUT2D eigenvalue weighted by molar-refractivity contribution is 0.0150. The molecule has 0 unspecified atom stereocenters. The van der Waals surface area contributed by atoms with Gasteiger partial charge in [-0.3, -0.25) is 4.98 Å². The zero-order chi connectivity index (χ0) is 19.4. The first kappa shape index (κ1) is 20.0. The summed E-state index contributed by atoms with van der Waals surface area (Å²) in [6.07, 6.45) is 7.27. The highest BCUT2D eigenvalue weighted by Crippen LogP contribution is 2.31. The van der Waals surface area contributed by atoms with Crippen LogP contribution < -0.4 is 10.5 Å². The maximum Gasteiger partial charge on any atom is 0.238 e. The van der Waals surface area contributed by atoms with Crippen LogP contribution in [0.25, 0.3) is 10.9 Å². The van der Waals surface area contributed by atoms with Crippen LogP contribution in [0.2, 0.25) is 0 Å². The van der Waals surface area contributed by atoms with Crippen molar-refractivity contribution in [2.75, 3.05) is 11.9 Å². The maximum atomic E-state index is 11.9. The number of nitrogens with zero attached hydrogens (tertiary/aromatic N) is 1. The number of benzene rings is 1. The fourth-order valence-corrected chi connectivity index (χ4v) is 4.36. The summed E-state index contributed by atoms with van der Waals surface area (Å²) in [7, 11) is -3.80. The van der Waals surface area contributed by atoms with Gasteiger partial charge in [-0.15, -0.1) is 0 Å². The Morgan fingerprint density at radius 3 is 2.78 bits per heavy atom. The third kappa shape index (κ3) is 4.97. The molecule has 1 heterocycles. The quantitative estimate of drug-likeness (QED) is 0.751. The van der Waals surface area contributed by atoms with E-state index in [9.17, 15) is 8.42 Å². The van der Waals surface area contributed by atoms with Crippen molar-refractivity contribution in [2.24, 2.45) is 11.1 Å². The Morgan fingerprint density at radius 2 is 2.04 bits per heavy atom.